The fraction of sp³-hybridized carbons (Fsp3) is 0.346. The van der Waals surface area contributed by atoms with Crippen molar-refractivity contribution in [2.45, 2.75) is 36.3 Å². The Morgan fingerprint density at radius 2 is 1.83 bits per heavy atom. The number of hydrogen-bond donors (Lipinski definition) is 0. The Bertz CT molecular complexity index is 959. The Labute approximate surface area is 184 Å². The molecule has 1 saturated heterocycles. The van der Waals surface area contributed by atoms with Crippen LogP contribution in [0.4, 0.5) is 0 Å². The lowest BCUT2D eigenvalue weighted by molar-refractivity contribution is 0.118. The Hall–Kier alpha value is -2.30. The molecule has 0 aliphatic carbocycles. The molecule has 0 spiro atoms. The number of rotatable bonds is 9. The molecule has 2 atom stereocenters. The summed E-state index contributed by atoms with van der Waals surface area (Å²) in [7, 11) is 1.78. The quantitative estimate of drug-likeness (QED) is 0.412. The van der Waals surface area contributed by atoms with Crippen LogP contribution in [0.5, 0.6) is 0 Å². The fourth-order valence-electron chi connectivity index (χ4n) is 4.02. The number of methoxy groups -OCH3 is 1. The Morgan fingerprint density at radius 1 is 1.03 bits per heavy atom. The molecule has 0 aromatic heterocycles. The highest BCUT2D eigenvalue weighted by molar-refractivity contribution is 7.99. The maximum Gasteiger partial charge on any atom is 0.0704 e. The third kappa shape index (κ3) is 5.65. The Balaban J connectivity index is 1.48. The van der Waals surface area contributed by atoms with Crippen LogP contribution >= 0.6 is 11.8 Å². The Morgan fingerprint density at radius 3 is 2.67 bits per heavy atom. The van der Waals surface area contributed by atoms with E-state index in [0.29, 0.717) is 11.3 Å². The lowest BCUT2D eigenvalue weighted by atomic mass is 10.0. The van der Waals surface area contributed by atoms with Gasteiger partial charge >= 0.3 is 0 Å². The topological polar surface area (TPSA) is 24.8 Å². The number of fused-ring (bicyclic) bond motifs is 1. The largest absolute Gasteiger partial charge is 0.382 e. The Kier molecular flexibility index (Phi) is 7.44. The van der Waals surface area contributed by atoms with E-state index < -0.39 is 0 Å². The van der Waals surface area contributed by atoms with E-state index in [9.17, 15) is 0 Å². The van der Waals surface area contributed by atoms with Crippen LogP contribution in [0.1, 0.15) is 24.0 Å². The van der Waals surface area contributed by atoms with Crippen molar-refractivity contribution in [2.24, 2.45) is 5.10 Å². The summed E-state index contributed by atoms with van der Waals surface area (Å²) in [5.41, 5.74) is 2.72. The van der Waals surface area contributed by atoms with Crippen molar-refractivity contribution in [1.82, 2.24) is 5.01 Å². The van der Waals surface area contributed by atoms with Crippen LogP contribution in [0.25, 0.3) is 10.8 Å². The molecule has 1 aliphatic rings. The molecule has 0 amide bonds. The molecule has 0 unspecified atom stereocenters. The zero-order valence-electron chi connectivity index (χ0n) is 17.6. The molecule has 3 aromatic carbocycles. The van der Waals surface area contributed by atoms with Crippen molar-refractivity contribution in [2.75, 3.05) is 20.3 Å². The minimum absolute atomic E-state index is 0.329. The molecule has 0 bridgehead atoms. The average Bonchev–Trinajstić information content (AvgIpc) is 3.23. The molecule has 1 heterocycles. The van der Waals surface area contributed by atoms with Gasteiger partial charge in [-0.1, -0.05) is 72.8 Å². The van der Waals surface area contributed by atoms with E-state index in [1.807, 2.05) is 11.8 Å². The van der Waals surface area contributed by atoms with Gasteiger partial charge in [0.25, 0.3) is 0 Å². The molecule has 1 fully saturated rings. The van der Waals surface area contributed by atoms with Crippen molar-refractivity contribution < 1.29 is 4.74 Å². The monoisotopic (exact) mass is 418 g/mol. The second-order valence-corrected chi connectivity index (χ2v) is 9.13. The molecule has 0 N–H and O–H groups in total. The highest BCUT2D eigenvalue weighted by Gasteiger charge is 2.23. The van der Waals surface area contributed by atoms with E-state index in [0.717, 1.165) is 31.7 Å². The summed E-state index contributed by atoms with van der Waals surface area (Å²) < 4.78 is 5.38. The molecule has 0 radical (unpaired) electrons. The first-order valence-corrected chi connectivity index (χ1v) is 11.8. The molecule has 156 valence electrons. The first-order valence-electron chi connectivity index (χ1n) is 10.7. The van der Waals surface area contributed by atoms with Crippen LogP contribution in [0, 0.1) is 0 Å². The van der Waals surface area contributed by atoms with Crippen LogP contribution in [0.2, 0.25) is 0 Å². The van der Waals surface area contributed by atoms with E-state index in [1.54, 1.807) is 7.11 Å². The molecular formula is C26H30N2OS. The summed E-state index contributed by atoms with van der Waals surface area (Å²) in [6.07, 6.45) is 5.50. The molecular weight excluding hydrogens is 388 g/mol. The van der Waals surface area contributed by atoms with Gasteiger partial charge in [0.2, 0.25) is 0 Å². The van der Waals surface area contributed by atoms with E-state index in [1.165, 1.54) is 28.3 Å². The summed E-state index contributed by atoms with van der Waals surface area (Å²) in [4.78, 5) is 0. The number of benzene rings is 3. The summed E-state index contributed by atoms with van der Waals surface area (Å²) in [6.45, 7) is 1.78. The van der Waals surface area contributed by atoms with E-state index in [2.05, 4.69) is 84.0 Å². The highest BCUT2D eigenvalue weighted by Crippen LogP contribution is 2.24. The van der Waals surface area contributed by atoms with Crippen molar-refractivity contribution in [3.05, 3.63) is 83.9 Å². The van der Waals surface area contributed by atoms with Crippen LogP contribution in [-0.2, 0) is 16.9 Å². The third-order valence-corrected chi connectivity index (χ3v) is 6.86. The number of nitrogens with zero attached hydrogens (tertiary/aromatic N) is 2. The van der Waals surface area contributed by atoms with Crippen LogP contribution in [-0.4, -0.2) is 42.8 Å². The first-order chi connectivity index (χ1) is 14.8. The summed E-state index contributed by atoms with van der Waals surface area (Å²) in [5.74, 6) is 0.993. The predicted molar refractivity (Wildman–Crippen MR) is 129 cm³/mol. The molecule has 3 aromatic rings. The lowest BCUT2D eigenvalue weighted by Crippen LogP contribution is -2.29. The highest BCUT2D eigenvalue weighted by atomic mass is 32.2. The zero-order valence-corrected chi connectivity index (χ0v) is 18.4. The second kappa shape index (κ2) is 10.6. The minimum Gasteiger partial charge on any atom is -0.382 e. The van der Waals surface area contributed by atoms with Crippen molar-refractivity contribution in [3.63, 3.8) is 0 Å². The van der Waals surface area contributed by atoms with Gasteiger partial charge in [0.05, 0.1) is 12.6 Å². The number of thioether (sulfide) groups is 1. The van der Waals surface area contributed by atoms with Gasteiger partial charge in [0.1, 0.15) is 0 Å². The molecule has 4 heteroatoms. The van der Waals surface area contributed by atoms with Crippen molar-refractivity contribution >= 4 is 28.7 Å². The van der Waals surface area contributed by atoms with Gasteiger partial charge in [-0.05, 0) is 41.2 Å². The molecule has 30 heavy (non-hydrogen) atoms. The van der Waals surface area contributed by atoms with Gasteiger partial charge in [-0.15, -0.1) is 11.8 Å². The standard InChI is InChI=1S/C26H30N2OS/c1-29-19-25-12-7-15-28(25)27-18-26(30-20-21-8-3-2-4-9-21)17-22-13-14-23-10-5-6-11-24(23)16-22/h2-6,8-11,13-14,16,18,25-26H,7,12,15,17,19-20H2,1H3/b27-18+/t25-,26-/m0/s1. The third-order valence-electron chi connectivity index (χ3n) is 5.64. The molecule has 3 nitrogen and oxygen atoms in total. The summed E-state index contributed by atoms with van der Waals surface area (Å²) in [6, 6.07) is 26.5. The van der Waals surface area contributed by atoms with Gasteiger partial charge in [-0.25, -0.2) is 0 Å². The van der Waals surface area contributed by atoms with Crippen molar-refractivity contribution in [1.29, 1.82) is 0 Å². The number of hydrogen-bond acceptors (Lipinski definition) is 4. The predicted octanol–water partition coefficient (Wildman–Crippen LogP) is 5.78. The van der Waals surface area contributed by atoms with Crippen molar-refractivity contribution in [3.8, 4) is 0 Å². The second-order valence-electron chi connectivity index (χ2n) is 7.90. The SMILES string of the molecule is COC[C@@H]1CCCN1/N=C/[C@H](Cc1ccc2ccccc2c1)SCc1ccccc1. The fourth-order valence-corrected chi connectivity index (χ4v) is 5.07. The van der Waals surface area contributed by atoms with Gasteiger partial charge in [-0.3, -0.25) is 5.01 Å². The smallest absolute Gasteiger partial charge is 0.0704 e. The van der Waals surface area contributed by atoms with Crippen LogP contribution < -0.4 is 0 Å². The molecule has 1 aliphatic heterocycles. The lowest BCUT2D eigenvalue weighted by Gasteiger charge is -2.21. The maximum absolute atomic E-state index is 5.38. The summed E-state index contributed by atoms with van der Waals surface area (Å²) in [5, 5.41) is 10.1. The van der Waals surface area contributed by atoms with Crippen LogP contribution in [0.15, 0.2) is 77.9 Å². The van der Waals surface area contributed by atoms with Gasteiger partial charge in [-0.2, -0.15) is 5.10 Å². The number of hydrazone groups is 1. The molecule has 0 saturated carbocycles. The maximum atomic E-state index is 5.38. The number of ether oxygens (including phenoxy) is 1. The zero-order chi connectivity index (χ0) is 20.6. The van der Waals surface area contributed by atoms with Gasteiger partial charge < -0.3 is 4.74 Å². The van der Waals surface area contributed by atoms with Crippen LogP contribution in [0.3, 0.4) is 0 Å². The first kappa shape index (κ1) is 21.0. The van der Waals surface area contributed by atoms with E-state index in [-0.39, 0.29) is 0 Å². The summed E-state index contributed by atoms with van der Waals surface area (Å²) >= 11 is 1.97. The van der Waals surface area contributed by atoms with Gasteiger partial charge in [0.15, 0.2) is 0 Å². The minimum atomic E-state index is 0.329. The van der Waals surface area contributed by atoms with E-state index in [4.69, 9.17) is 9.84 Å². The van der Waals surface area contributed by atoms with Gasteiger partial charge in [0, 0.05) is 30.9 Å². The average molecular weight is 419 g/mol. The normalized spacial score (nSPS) is 17.8. The molecule has 4 rings (SSSR count). The van der Waals surface area contributed by atoms with E-state index >= 15 is 0 Å².